The Hall–Kier alpha value is -1.70. The van der Waals surface area contributed by atoms with E-state index in [0.717, 1.165) is 0 Å². The topological polar surface area (TPSA) is 55.4 Å². The Kier molecular flexibility index (Phi) is 5.50. The number of nitrogens with one attached hydrogen (secondary N) is 1. The SMILES string of the molecule is C#CCNC(=O)COC(=O)c1c(Cl)cccc1Cl. The Balaban J connectivity index is 2.62. The van der Waals surface area contributed by atoms with Gasteiger partial charge in [-0.3, -0.25) is 4.79 Å². The highest BCUT2D eigenvalue weighted by atomic mass is 35.5. The van der Waals surface area contributed by atoms with Crippen molar-refractivity contribution in [3.8, 4) is 12.3 Å². The van der Waals surface area contributed by atoms with Gasteiger partial charge in [0.25, 0.3) is 5.91 Å². The van der Waals surface area contributed by atoms with Gasteiger partial charge in [0.1, 0.15) is 0 Å². The fourth-order valence-electron chi connectivity index (χ4n) is 1.10. The van der Waals surface area contributed by atoms with Gasteiger partial charge in [-0.05, 0) is 12.1 Å². The third kappa shape index (κ3) is 3.95. The van der Waals surface area contributed by atoms with Crippen LogP contribution in [0.4, 0.5) is 0 Å². The number of halogens is 2. The molecule has 6 heteroatoms. The molecule has 1 aromatic carbocycles. The number of terminal acetylenes is 1. The van der Waals surface area contributed by atoms with Crippen molar-refractivity contribution < 1.29 is 14.3 Å². The molecule has 0 saturated carbocycles. The van der Waals surface area contributed by atoms with E-state index >= 15 is 0 Å². The van der Waals surface area contributed by atoms with Gasteiger partial charge in [0, 0.05) is 0 Å². The van der Waals surface area contributed by atoms with Crippen molar-refractivity contribution in [2.45, 2.75) is 0 Å². The number of hydrogen-bond acceptors (Lipinski definition) is 3. The Morgan fingerprint density at radius 3 is 2.50 bits per heavy atom. The van der Waals surface area contributed by atoms with Crippen LogP contribution in [0.15, 0.2) is 18.2 Å². The quantitative estimate of drug-likeness (QED) is 0.679. The molecule has 0 aromatic heterocycles. The normalized spacial score (nSPS) is 9.39. The summed E-state index contributed by atoms with van der Waals surface area (Å²) in [6.45, 7) is -0.370. The lowest BCUT2D eigenvalue weighted by molar-refractivity contribution is -0.123. The zero-order valence-electron chi connectivity index (χ0n) is 9.20. The molecule has 1 amide bonds. The summed E-state index contributed by atoms with van der Waals surface area (Å²) in [5, 5.41) is 2.68. The zero-order chi connectivity index (χ0) is 13.5. The molecule has 1 rings (SSSR count). The number of amides is 1. The molecule has 1 aromatic rings. The van der Waals surface area contributed by atoms with Gasteiger partial charge >= 0.3 is 5.97 Å². The van der Waals surface area contributed by atoms with Crippen molar-refractivity contribution in [3.63, 3.8) is 0 Å². The van der Waals surface area contributed by atoms with Gasteiger partial charge in [0.2, 0.25) is 0 Å². The average Bonchev–Trinajstić information content (AvgIpc) is 2.33. The van der Waals surface area contributed by atoms with Gasteiger partial charge in [-0.15, -0.1) is 6.42 Å². The second-order valence-corrected chi connectivity index (χ2v) is 3.97. The van der Waals surface area contributed by atoms with Crippen LogP contribution >= 0.6 is 23.2 Å². The summed E-state index contributed by atoms with van der Waals surface area (Å²) in [6, 6.07) is 4.60. The summed E-state index contributed by atoms with van der Waals surface area (Å²) in [7, 11) is 0. The summed E-state index contributed by atoms with van der Waals surface area (Å²) in [5.41, 5.74) is 0.0329. The van der Waals surface area contributed by atoms with E-state index < -0.39 is 18.5 Å². The molecule has 0 spiro atoms. The van der Waals surface area contributed by atoms with Crippen LogP contribution in [-0.2, 0) is 9.53 Å². The fourth-order valence-corrected chi connectivity index (χ4v) is 1.65. The van der Waals surface area contributed by atoms with E-state index in [1.165, 1.54) is 12.1 Å². The highest BCUT2D eigenvalue weighted by Crippen LogP contribution is 2.24. The second-order valence-electron chi connectivity index (χ2n) is 3.15. The maximum Gasteiger partial charge on any atom is 0.341 e. The molecular weight excluding hydrogens is 277 g/mol. The Morgan fingerprint density at radius 2 is 1.94 bits per heavy atom. The van der Waals surface area contributed by atoms with Crippen LogP contribution in [-0.4, -0.2) is 25.0 Å². The molecule has 0 bridgehead atoms. The molecule has 18 heavy (non-hydrogen) atoms. The molecule has 0 aliphatic carbocycles. The highest BCUT2D eigenvalue weighted by molar-refractivity contribution is 6.39. The maximum absolute atomic E-state index is 11.7. The summed E-state index contributed by atoms with van der Waals surface area (Å²) in [6.07, 6.45) is 4.96. The number of carbonyl (C=O) groups is 2. The Bertz CT molecular complexity index is 488. The van der Waals surface area contributed by atoms with Crippen molar-refractivity contribution in [1.29, 1.82) is 0 Å². The summed E-state index contributed by atoms with van der Waals surface area (Å²) in [4.78, 5) is 22.8. The standard InChI is InChI=1S/C12H9Cl2NO3/c1-2-6-15-10(16)7-18-12(17)11-8(13)4-3-5-9(11)14/h1,3-5H,6-7H2,(H,15,16). The third-order valence-corrected chi connectivity index (χ3v) is 2.52. The van der Waals surface area contributed by atoms with Crippen LogP contribution in [0.2, 0.25) is 10.0 Å². The van der Waals surface area contributed by atoms with Gasteiger partial charge in [-0.2, -0.15) is 0 Å². The van der Waals surface area contributed by atoms with E-state index in [0.29, 0.717) is 0 Å². The van der Waals surface area contributed by atoms with E-state index in [4.69, 9.17) is 34.4 Å². The third-order valence-electron chi connectivity index (χ3n) is 1.89. The first-order valence-corrected chi connectivity index (χ1v) is 5.63. The smallest absolute Gasteiger partial charge is 0.341 e. The minimum Gasteiger partial charge on any atom is -0.452 e. The first kappa shape index (κ1) is 14.4. The van der Waals surface area contributed by atoms with Crippen molar-refractivity contribution in [2.75, 3.05) is 13.2 Å². The largest absolute Gasteiger partial charge is 0.452 e. The first-order chi connectivity index (χ1) is 8.56. The van der Waals surface area contributed by atoms with Crippen LogP contribution in [0.5, 0.6) is 0 Å². The number of rotatable bonds is 4. The Morgan fingerprint density at radius 1 is 1.33 bits per heavy atom. The molecule has 4 nitrogen and oxygen atoms in total. The Labute approximate surface area is 114 Å². The summed E-state index contributed by atoms with van der Waals surface area (Å²) >= 11 is 11.6. The number of esters is 1. The molecule has 1 N–H and O–H groups in total. The van der Waals surface area contributed by atoms with Gasteiger partial charge in [-0.1, -0.05) is 35.2 Å². The van der Waals surface area contributed by atoms with Gasteiger partial charge in [0.05, 0.1) is 22.2 Å². The molecule has 0 aliphatic rings. The predicted molar refractivity (Wildman–Crippen MR) is 68.6 cm³/mol. The van der Waals surface area contributed by atoms with Crippen LogP contribution in [0.3, 0.4) is 0 Å². The van der Waals surface area contributed by atoms with Crippen LogP contribution in [0, 0.1) is 12.3 Å². The summed E-state index contributed by atoms with van der Waals surface area (Å²) in [5.74, 6) is 0.963. The van der Waals surface area contributed by atoms with Crippen LogP contribution < -0.4 is 5.32 Å². The highest BCUT2D eigenvalue weighted by Gasteiger charge is 2.16. The van der Waals surface area contributed by atoms with Crippen molar-refractivity contribution in [3.05, 3.63) is 33.8 Å². The van der Waals surface area contributed by atoms with Gasteiger partial charge < -0.3 is 10.1 Å². The second kappa shape index (κ2) is 6.90. The average molecular weight is 286 g/mol. The van der Waals surface area contributed by atoms with E-state index in [-0.39, 0.29) is 22.2 Å². The van der Waals surface area contributed by atoms with Gasteiger partial charge in [0.15, 0.2) is 6.61 Å². The first-order valence-electron chi connectivity index (χ1n) is 4.87. The van der Waals surface area contributed by atoms with Crippen molar-refractivity contribution >= 4 is 35.1 Å². The lowest BCUT2D eigenvalue weighted by Gasteiger charge is -2.07. The molecule has 0 unspecified atom stereocenters. The lowest BCUT2D eigenvalue weighted by Crippen LogP contribution is -2.29. The number of carbonyl (C=O) groups excluding carboxylic acids is 2. The van der Waals surface area contributed by atoms with Crippen molar-refractivity contribution in [2.24, 2.45) is 0 Å². The van der Waals surface area contributed by atoms with E-state index in [1.807, 2.05) is 0 Å². The molecule has 0 heterocycles. The number of ether oxygens (including phenoxy) is 1. The maximum atomic E-state index is 11.7. The molecule has 0 saturated heterocycles. The predicted octanol–water partition coefficient (Wildman–Crippen LogP) is 1.90. The molecule has 0 atom stereocenters. The minimum atomic E-state index is -0.763. The fraction of sp³-hybridized carbons (Fsp3) is 0.167. The van der Waals surface area contributed by atoms with Crippen molar-refractivity contribution in [1.82, 2.24) is 5.32 Å². The molecule has 0 radical (unpaired) electrons. The zero-order valence-corrected chi connectivity index (χ0v) is 10.7. The number of hydrogen-bond donors (Lipinski definition) is 1. The van der Waals surface area contributed by atoms with Gasteiger partial charge in [-0.25, -0.2) is 4.79 Å². The van der Waals surface area contributed by atoms with E-state index in [2.05, 4.69) is 11.2 Å². The molecular formula is C12H9Cl2NO3. The van der Waals surface area contributed by atoms with E-state index in [1.54, 1.807) is 6.07 Å². The molecule has 0 aliphatic heterocycles. The van der Waals surface area contributed by atoms with Crippen LogP contribution in [0.1, 0.15) is 10.4 Å². The molecule has 94 valence electrons. The van der Waals surface area contributed by atoms with E-state index in [9.17, 15) is 9.59 Å². The number of benzene rings is 1. The monoisotopic (exact) mass is 285 g/mol. The summed E-state index contributed by atoms with van der Waals surface area (Å²) < 4.78 is 4.76. The lowest BCUT2D eigenvalue weighted by atomic mass is 10.2. The molecule has 0 fully saturated rings. The minimum absolute atomic E-state index is 0.0329. The van der Waals surface area contributed by atoms with Crippen LogP contribution in [0.25, 0.3) is 0 Å².